The summed E-state index contributed by atoms with van der Waals surface area (Å²) in [4.78, 5) is 3.84. The third-order valence-corrected chi connectivity index (χ3v) is 6.35. The Balaban J connectivity index is 2.45. The molecule has 0 aliphatic carbocycles. The van der Waals surface area contributed by atoms with Crippen molar-refractivity contribution < 1.29 is 13.2 Å². The number of benzene rings is 1. The third kappa shape index (κ3) is 3.68. The Hall–Kier alpha value is -1.15. The predicted octanol–water partition coefficient (Wildman–Crippen LogP) is 3.89. The number of hydrogen-bond acceptors (Lipinski definition) is 4. The number of halogens is 2. The molecule has 0 bridgehead atoms. The Bertz CT molecular complexity index is 814. The van der Waals surface area contributed by atoms with Crippen LogP contribution in [0.1, 0.15) is 18.5 Å². The molecule has 8 heteroatoms. The van der Waals surface area contributed by atoms with E-state index in [0.29, 0.717) is 10.2 Å². The van der Waals surface area contributed by atoms with Gasteiger partial charge in [-0.05, 0) is 35.0 Å². The van der Waals surface area contributed by atoms with Gasteiger partial charge in [0.15, 0.2) is 0 Å². The summed E-state index contributed by atoms with van der Waals surface area (Å²) in [7, 11) is -0.757. The summed E-state index contributed by atoms with van der Waals surface area (Å²) in [6.07, 6.45) is 1.45. The summed E-state index contributed by atoms with van der Waals surface area (Å²) in [5.74, 6) is 0.625. The van der Waals surface area contributed by atoms with Crippen LogP contribution < -0.4 is 4.74 Å². The van der Waals surface area contributed by atoms with Crippen LogP contribution in [0.15, 0.2) is 45.9 Å². The van der Waals surface area contributed by atoms with Gasteiger partial charge in [0, 0.05) is 23.3 Å². The second-order valence-electron chi connectivity index (χ2n) is 4.88. The number of para-hydroxylation sites is 1. The van der Waals surface area contributed by atoms with Gasteiger partial charge in [0.05, 0.1) is 13.2 Å². The highest BCUT2D eigenvalue weighted by Gasteiger charge is 2.30. The topological polar surface area (TPSA) is 59.5 Å². The molecule has 1 aromatic heterocycles. The Morgan fingerprint density at radius 2 is 2.00 bits per heavy atom. The number of hydrogen-bond donors (Lipinski definition) is 0. The number of pyridine rings is 1. The highest BCUT2D eigenvalue weighted by molar-refractivity contribution is 9.10. The van der Waals surface area contributed by atoms with Crippen LogP contribution in [0.2, 0.25) is 5.15 Å². The first-order valence-corrected chi connectivity index (χ1v) is 9.32. The SMILES string of the molecule is COc1ccccc1C(C)N(C)S(=O)(=O)c1cc(Br)cnc1Cl. The summed E-state index contributed by atoms with van der Waals surface area (Å²) < 4.78 is 32.8. The Morgan fingerprint density at radius 3 is 2.65 bits per heavy atom. The minimum Gasteiger partial charge on any atom is -0.496 e. The minimum absolute atomic E-state index is 0.0437. The molecule has 1 atom stereocenters. The highest BCUT2D eigenvalue weighted by Crippen LogP contribution is 2.33. The molecule has 1 aromatic carbocycles. The smallest absolute Gasteiger partial charge is 0.246 e. The van der Waals surface area contributed by atoms with E-state index in [9.17, 15) is 8.42 Å². The lowest BCUT2D eigenvalue weighted by atomic mass is 10.1. The number of rotatable bonds is 5. The molecule has 0 aliphatic heterocycles. The van der Waals surface area contributed by atoms with Crippen molar-refractivity contribution in [1.29, 1.82) is 0 Å². The minimum atomic E-state index is -3.81. The van der Waals surface area contributed by atoms with E-state index in [4.69, 9.17) is 16.3 Å². The van der Waals surface area contributed by atoms with Gasteiger partial charge in [-0.1, -0.05) is 29.8 Å². The van der Waals surface area contributed by atoms with Crippen LogP contribution in [0.3, 0.4) is 0 Å². The van der Waals surface area contributed by atoms with E-state index < -0.39 is 16.1 Å². The Labute approximate surface area is 149 Å². The lowest BCUT2D eigenvalue weighted by Crippen LogP contribution is -2.30. The van der Waals surface area contributed by atoms with Crippen LogP contribution in [-0.2, 0) is 10.0 Å². The zero-order valence-corrected chi connectivity index (χ0v) is 16.0. The summed E-state index contributed by atoms with van der Waals surface area (Å²) in [5, 5.41) is -0.0627. The summed E-state index contributed by atoms with van der Waals surface area (Å²) in [5.41, 5.74) is 0.764. The second-order valence-corrected chi connectivity index (χ2v) is 8.12. The maximum absolute atomic E-state index is 12.9. The van der Waals surface area contributed by atoms with E-state index in [1.807, 2.05) is 18.2 Å². The van der Waals surface area contributed by atoms with Crippen LogP contribution in [0.5, 0.6) is 5.75 Å². The zero-order valence-electron chi connectivity index (χ0n) is 12.8. The molecule has 0 aliphatic rings. The summed E-state index contributed by atoms with van der Waals surface area (Å²) in [6.45, 7) is 1.79. The number of methoxy groups -OCH3 is 1. The van der Waals surface area contributed by atoms with Gasteiger partial charge in [-0.25, -0.2) is 13.4 Å². The van der Waals surface area contributed by atoms with E-state index in [-0.39, 0.29) is 10.0 Å². The molecule has 124 valence electrons. The molecule has 0 saturated heterocycles. The first-order chi connectivity index (χ1) is 10.8. The van der Waals surface area contributed by atoms with Crippen molar-refractivity contribution in [2.75, 3.05) is 14.2 Å². The lowest BCUT2D eigenvalue weighted by Gasteiger charge is -2.26. The average molecular weight is 420 g/mol. The van der Waals surface area contributed by atoms with Gasteiger partial charge in [0.25, 0.3) is 0 Å². The van der Waals surface area contributed by atoms with Crippen molar-refractivity contribution in [3.8, 4) is 5.75 Å². The van der Waals surface area contributed by atoms with Crippen molar-refractivity contribution >= 4 is 37.6 Å². The van der Waals surface area contributed by atoms with E-state index in [1.54, 1.807) is 20.1 Å². The van der Waals surface area contributed by atoms with Gasteiger partial charge in [0.2, 0.25) is 10.0 Å². The van der Waals surface area contributed by atoms with Gasteiger partial charge in [-0.3, -0.25) is 0 Å². The maximum Gasteiger partial charge on any atom is 0.246 e. The van der Waals surface area contributed by atoms with Crippen molar-refractivity contribution in [3.05, 3.63) is 51.7 Å². The first-order valence-electron chi connectivity index (χ1n) is 6.71. The molecule has 23 heavy (non-hydrogen) atoms. The van der Waals surface area contributed by atoms with Gasteiger partial charge in [0.1, 0.15) is 15.8 Å². The molecule has 0 N–H and O–H groups in total. The number of nitrogens with zero attached hydrogens (tertiary/aromatic N) is 2. The third-order valence-electron chi connectivity index (χ3n) is 3.56. The van der Waals surface area contributed by atoms with Crippen molar-refractivity contribution in [3.63, 3.8) is 0 Å². The largest absolute Gasteiger partial charge is 0.496 e. The lowest BCUT2D eigenvalue weighted by molar-refractivity contribution is 0.367. The standard InChI is InChI=1S/C15H16BrClN2O3S/c1-10(12-6-4-5-7-13(12)22-3)19(2)23(20,21)14-8-11(16)9-18-15(14)17/h4-10H,1-3H3. The van der Waals surface area contributed by atoms with Crippen molar-refractivity contribution in [1.82, 2.24) is 9.29 Å². The molecule has 0 fully saturated rings. The summed E-state index contributed by atoms with van der Waals surface area (Å²) in [6, 6.07) is 8.29. The zero-order chi connectivity index (χ0) is 17.2. The fraction of sp³-hybridized carbons (Fsp3) is 0.267. The van der Waals surface area contributed by atoms with Crippen molar-refractivity contribution in [2.24, 2.45) is 0 Å². The second kappa shape index (κ2) is 7.17. The highest BCUT2D eigenvalue weighted by atomic mass is 79.9. The van der Waals surface area contributed by atoms with Gasteiger partial charge >= 0.3 is 0 Å². The fourth-order valence-corrected chi connectivity index (χ4v) is 4.42. The van der Waals surface area contributed by atoms with Crippen LogP contribution in [-0.4, -0.2) is 31.9 Å². The molecule has 0 saturated carbocycles. The van der Waals surface area contributed by atoms with E-state index in [1.165, 1.54) is 23.6 Å². The fourth-order valence-electron chi connectivity index (χ4n) is 2.16. The van der Waals surface area contributed by atoms with Crippen LogP contribution in [0, 0.1) is 0 Å². The molecule has 1 heterocycles. The van der Waals surface area contributed by atoms with Crippen LogP contribution in [0.4, 0.5) is 0 Å². The molecular formula is C15H16BrClN2O3S. The predicted molar refractivity (Wildman–Crippen MR) is 93.3 cm³/mol. The molecule has 5 nitrogen and oxygen atoms in total. The van der Waals surface area contributed by atoms with Gasteiger partial charge in [-0.2, -0.15) is 4.31 Å². The molecule has 0 radical (unpaired) electrons. The van der Waals surface area contributed by atoms with Crippen LogP contribution >= 0.6 is 27.5 Å². The van der Waals surface area contributed by atoms with E-state index in [0.717, 1.165) is 5.56 Å². The van der Waals surface area contributed by atoms with Crippen molar-refractivity contribution in [2.45, 2.75) is 17.9 Å². The number of ether oxygens (including phenoxy) is 1. The number of sulfonamides is 1. The Morgan fingerprint density at radius 1 is 1.35 bits per heavy atom. The van der Waals surface area contributed by atoms with E-state index in [2.05, 4.69) is 20.9 Å². The molecular weight excluding hydrogens is 404 g/mol. The van der Waals surface area contributed by atoms with Gasteiger partial charge in [-0.15, -0.1) is 0 Å². The molecule has 0 amide bonds. The maximum atomic E-state index is 12.9. The first kappa shape index (κ1) is 18.2. The van der Waals surface area contributed by atoms with E-state index >= 15 is 0 Å². The quantitative estimate of drug-likeness (QED) is 0.690. The summed E-state index contributed by atoms with van der Waals surface area (Å²) >= 11 is 9.19. The molecule has 0 spiro atoms. The monoisotopic (exact) mass is 418 g/mol. The number of aromatic nitrogens is 1. The Kier molecular flexibility index (Phi) is 5.67. The molecule has 2 rings (SSSR count). The normalized spacial score (nSPS) is 13.1. The molecule has 1 unspecified atom stereocenters. The molecule has 2 aromatic rings. The average Bonchev–Trinajstić information content (AvgIpc) is 2.55. The van der Waals surface area contributed by atoms with Crippen LogP contribution in [0.25, 0.3) is 0 Å². The van der Waals surface area contributed by atoms with Gasteiger partial charge < -0.3 is 4.74 Å².